The lowest BCUT2D eigenvalue weighted by molar-refractivity contribution is 1.11. The van der Waals surface area contributed by atoms with Crippen molar-refractivity contribution in [2.24, 2.45) is 0 Å². The standard InChI is InChI=1S/C13H12ClNS.C5H10.3C2H6/c1-3-11(14)13-9(2)7-10(8-15-13)12-5-4-6-16-12;1-4-5(2)3;3*1-2/h3-8H,1-2H3;2,4H2,1,3H3;3*1-2H3/b11-3+;;;;. The predicted molar refractivity (Wildman–Crippen MR) is 131 cm³/mol. The summed E-state index contributed by atoms with van der Waals surface area (Å²) in [7, 11) is 0. The second kappa shape index (κ2) is 20.9. The van der Waals surface area contributed by atoms with E-state index in [2.05, 4.69) is 36.0 Å². The van der Waals surface area contributed by atoms with Crippen molar-refractivity contribution in [3.05, 3.63) is 59.3 Å². The van der Waals surface area contributed by atoms with Crippen LogP contribution in [0.15, 0.2) is 48.0 Å². The first kappa shape index (κ1) is 30.4. The average Bonchev–Trinajstić information content (AvgIpc) is 3.27. The molecule has 154 valence electrons. The number of thiophene rings is 1. The lowest BCUT2D eigenvalue weighted by Gasteiger charge is -2.05. The molecule has 0 aliphatic carbocycles. The van der Waals surface area contributed by atoms with Gasteiger partial charge in [-0.15, -0.1) is 17.9 Å². The highest BCUT2D eigenvalue weighted by molar-refractivity contribution is 7.13. The molecule has 0 amide bonds. The highest BCUT2D eigenvalue weighted by atomic mass is 35.5. The second-order valence-corrected chi connectivity index (χ2v) is 6.17. The second-order valence-electron chi connectivity index (χ2n) is 4.81. The molecule has 2 heterocycles. The van der Waals surface area contributed by atoms with E-state index in [1.54, 1.807) is 11.3 Å². The van der Waals surface area contributed by atoms with Crippen LogP contribution in [0.3, 0.4) is 0 Å². The van der Waals surface area contributed by atoms with E-state index < -0.39 is 0 Å². The Morgan fingerprint density at radius 2 is 1.70 bits per heavy atom. The molecule has 0 aromatic carbocycles. The summed E-state index contributed by atoms with van der Waals surface area (Å²) in [5, 5.41) is 2.77. The number of nitrogens with zero attached hydrogens (tertiary/aromatic N) is 1. The van der Waals surface area contributed by atoms with Gasteiger partial charge in [-0.05, 0) is 50.3 Å². The normalized spacial score (nSPS) is 9.07. The average molecular weight is 410 g/mol. The molecule has 2 rings (SSSR count). The van der Waals surface area contributed by atoms with Crippen LogP contribution in [0.4, 0.5) is 0 Å². The van der Waals surface area contributed by atoms with Crippen LogP contribution in [0, 0.1) is 6.92 Å². The minimum atomic E-state index is 0.704. The van der Waals surface area contributed by atoms with Gasteiger partial charge in [0.2, 0.25) is 0 Å². The smallest absolute Gasteiger partial charge is 0.0842 e. The van der Waals surface area contributed by atoms with Crippen molar-refractivity contribution in [2.45, 2.75) is 75.7 Å². The molecule has 0 spiro atoms. The highest BCUT2D eigenvalue weighted by Gasteiger charge is 2.06. The zero-order valence-corrected chi connectivity index (χ0v) is 20.7. The third-order valence-electron chi connectivity index (χ3n) is 2.97. The Kier molecular flexibility index (Phi) is 23.5. The van der Waals surface area contributed by atoms with Gasteiger partial charge in [-0.1, -0.05) is 77.8 Å². The monoisotopic (exact) mass is 409 g/mol. The third kappa shape index (κ3) is 13.4. The van der Waals surface area contributed by atoms with E-state index >= 15 is 0 Å². The maximum Gasteiger partial charge on any atom is 0.0842 e. The third-order valence-corrected chi connectivity index (χ3v) is 4.28. The summed E-state index contributed by atoms with van der Waals surface area (Å²) in [4.78, 5) is 5.65. The van der Waals surface area contributed by atoms with Gasteiger partial charge in [0, 0.05) is 16.6 Å². The number of halogens is 1. The fraction of sp³-hybridized carbons (Fsp3) is 0.458. The van der Waals surface area contributed by atoms with Crippen molar-refractivity contribution < 1.29 is 0 Å². The van der Waals surface area contributed by atoms with Gasteiger partial charge in [0.15, 0.2) is 0 Å². The first-order valence-corrected chi connectivity index (χ1v) is 11.2. The lowest BCUT2D eigenvalue weighted by Crippen LogP contribution is -1.90. The van der Waals surface area contributed by atoms with Gasteiger partial charge in [0.25, 0.3) is 0 Å². The van der Waals surface area contributed by atoms with Gasteiger partial charge >= 0.3 is 0 Å². The van der Waals surface area contributed by atoms with E-state index in [0.29, 0.717) is 5.03 Å². The number of allylic oxidation sites excluding steroid dienone is 2. The maximum absolute atomic E-state index is 6.07. The molecule has 0 saturated carbocycles. The summed E-state index contributed by atoms with van der Waals surface area (Å²) in [5.41, 5.74) is 4.38. The van der Waals surface area contributed by atoms with Crippen molar-refractivity contribution in [3.63, 3.8) is 0 Å². The van der Waals surface area contributed by atoms with Crippen molar-refractivity contribution >= 4 is 28.0 Å². The number of aryl methyl sites for hydroxylation is 1. The molecule has 0 unspecified atom stereocenters. The molecule has 0 atom stereocenters. The number of rotatable bonds is 3. The minimum Gasteiger partial charge on any atom is -0.254 e. The van der Waals surface area contributed by atoms with Crippen molar-refractivity contribution in [3.8, 4) is 10.4 Å². The Morgan fingerprint density at radius 3 is 2.04 bits per heavy atom. The van der Waals surface area contributed by atoms with Crippen molar-refractivity contribution in [1.82, 2.24) is 4.98 Å². The van der Waals surface area contributed by atoms with E-state index in [0.717, 1.165) is 23.2 Å². The molecule has 0 saturated heterocycles. The fourth-order valence-electron chi connectivity index (χ4n) is 1.54. The Morgan fingerprint density at radius 1 is 1.19 bits per heavy atom. The van der Waals surface area contributed by atoms with Crippen molar-refractivity contribution in [1.29, 1.82) is 0 Å². The van der Waals surface area contributed by atoms with Crippen LogP contribution >= 0.6 is 22.9 Å². The van der Waals surface area contributed by atoms with E-state index in [1.807, 2.05) is 80.7 Å². The van der Waals surface area contributed by atoms with Crippen LogP contribution in [0.1, 0.15) is 80.0 Å². The first-order chi connectivity index (χ1) is 13.0. The summed E-state index contributed by atoms with van der Waals surface area (Å²) in [5.74, 6) is 0. The quantitative estimate of drug-likeness (QED) is 0.459. The molecule has 0 N–H and O–H groups in total. The SMILES string of the molecule is C/C=C(/Cl)c1ncc(-c2cccs2)cc1C.C=C(C)CC.CC.CC.CC. The van der Waals surface area contributed by atoms with Crippen LogP contribution in [0.25, 0.3) is 15.5 Å². The number of aromatic nitrogens is 1. The van der Waals surface area contributed by atoms with Crippen LogP contribution in [-0.2, 0) is 0 Å². The van der Waals surface area contributed by atoms with E-state index in [1.165, 1.54) is 10.5 Å². The summed E-state index contributed by atoms with van der Waals surface area (Å²) in [6.07, 6.45) is 4.85. The molecular weight excluding hydrogens is 370 g/mol. The summed E-state index contributed by atoms with van der Waals surface area (Å²) < 4.78 is 0. The Labute approximate surface area is 178 Å². The van der Waals surface area contributed by atoms with Gasteiger partial charge in [-0.2, -0.15) is 0 Å². The van der Waals surface area contributed by atoms with E-state index in [9.17, 15) is 0 Å². The number of hydrogen-bond acceptors (Lipinski definition) is 2. The maximum atomic E-state index is 6.07. The van der Waals surface area contributed by atoms with Gasteiger partial charge in [0.1, 0.15) is 0 Å². The Bertz CT molecular complexity index is 613. The fourth-order valence-corrected chi connectivity index (χ4v) is 2.45. The van der Waals surface area contributed by atoms with Crippen LogP contribution in [0.2, 0.25) is 0 Å². The molecule has 0 fully saturated rings. The molecule has 2 aromatic rings. The number of hydrogen-bond donors (Lipinski definition) is 0. The topological polar surface area (TPSA) is 12.9 Å². The molecule has 0 aliphatic rings. The molecule has 2 aromatic heterocycles. The summed E-state index contributed by atoms with van der Waals surface area (Å²) in [6, 6.07) is 6.26. The lowest BCUT2D eigenvalue weighted by atomic mass is 10.1. The van der Waals surface area contributed by atoms with Gasteiger partial charge in [-0.3, -0.25) is 4.98 Å². The number of pyridine rings is 1. The van der Waals surface area contributed by atoms with Crippen molar-refractivity contribution in [2.75, 3.05) is 0 Å². The van der Waals surface area contributed by atoms with Gasteiger partial charge in [-0.25, -0.2) is 0 Å². The Balaban J connectivity index is -0.000000443. The molecule has 0 bridgehead atoms. The molecule has 1 nitrogen and oxygen atoms in total. The van der Waals surface area contributed by atoms with E-state index in [4.69, 9.17) is 11.6 Å². The van der Waals surface area contributed by atoms with Gasteiger partial charge in [0.05, 0.1) is 10.7 Å². The molecule has 0 radical (unpaired) electrons. The first-order valence-electron chi connectivity index (χ1n) is 9.96. The van der Waals surface area contributed by atoms with Gasteiger partial charge < -0.3 is 0 Å². The zero-order valence-electron chi connectivity index (χ0n) is 19.1. The zero-order chi connectivity index (χ0) is 21.8. The highest BCUT2D eigenvalue weighted by Crippen LogP contribution is 2.28. The summed E-state index contributed by atoms with van der Waals surface area (Å²) >= 11 is 7.79. The molecule has 3 heteroatoms. The predicted octanol–water partition coefficient (Wildman–Crippen LogP) is 9.77. The minimum absolute atomic E-state index is 0.704. The van der Waals surface area contributed by atoms with Crippen LogP contribution in [-0.4, -0.2) is 4.98 Å². The van der Waals surface area contributed by atoms with E-state index in [-0.39, 0.29) is 0 Å². The summed E-state index contributed by atoms with van der Waals surface area (Å²) in [6.45, 7) is 23.7. The molecule has 27 heavy (non-hydrogen) atoms. The Hall–Kier alpha value is -1.38. The largest absolute Gasteiger partial charge is 0.254 e. The molecular formula is C24H40ClNS. The van der Waals surface area contributed by atoms with Crippen LogP contribution in [0.5, 0.6) is 0 Å². The van der Waals surface area contributed by atoms with Crippen LogP contribution < -0.4 is 0 Å². The molecule has 0 aliphatic heterocycles.